The summed E-state index contributed by atoms with van der Waals surface area (Å²) in [6.45, 7) is 2.32. The van der Waals surface area contributed by atoms with Crippen molar-refractivity contribution in [1.82, 2.24) is 0 Å². The van der Waals surface area contributed by atoms with Gasteiger partial charge in [-0.15, -0.1) is 0 Å². The highest BCUT2D eigenvalue weighted by atomic mass is 79.9. The smallest absolute Gasteiger partial charge is 0.305 e. The van der Waals surface area contributed by atoms with Gasteiger partial charge < -0.3 is 9.47 Å². The average molecular weight is 337 g/mol. The summed E-state index contributed by atoms with van der Waals surface area (Å²) >= 11 is 3.06. The van der Waals surface area contributed by atoms with Crippen molar-refractivity contribution in [3.05, 3.63) is 28.2 Å². The van der Waals surface area contributed by atoms with Gasteiger partial charge in [0.15, 0.2) is 11.6 Å². The van der Waals surface area contributed by atoms with E-state index in [2.05, 4.69) is 15.9 Å². The summed E-state index contributed by atoms with van der Waals surface area (Å²) in [5, 5.41) is 0. The highest BCUT2D eigenvalue weighted by Gasteiger charge is 2.11. The largest absolute Gasteiger partial charge is 0.490 e. The summed E-state index contributed by atoms with van der Waals surface area (Å²) < 4.78 is 36.7. The van der Waals surface area contributed by atoms with Crippen LogP contribution in [0.3, 0.4) is 0 Å². The topological polar surface area (TPSA) is 35.5 Å². The maximum absolute atomic E-state index is 13.3. The van der Waals surface area contributed by atoms with Crippen molar-refractivity contribution in [2.75, 3.05) is 13.2 Å². The van der Waals surface area contributed by atoms with E-state index in [1.807, 2.05) is 0 Å². The molecule has 0 aliphatic carbocycles. The van der Waals surface area contributed by atoms with Crippen LogP contribution < -0.4 is 4.74 Å². The zero-order valence-electron chi connectivity index (χ0n) is 10.5. The summed E-state index contributed by atoms with van der Waals surface area (Å²) in [7, 11) is 0. The van der Waals surface area contributed by atoms with Crippen LogP contribution in [0.2, 0.25) is 0 Å². The molecule has 0 unspecified atom stereocenters. The molecule has 6 heteroatoms. The van der Waals surface area contributed by atoms with E-state index in [1.165, 1.54) is 6.07 Å². The number of esters is 1. The first kappa shape index (κ1) is 15.9. The molecular weight excluding hydrogens is 322 g/mol. The first-order valence-corrected chi connectivity index (χ1v) is 6.77. The standard InChI is InChI=1S/C13H15BrF2O3/c1-2-18-12(17)5-3-4-6-19-11-8-9(14)7-10(15)13(11)16/h7-8H,2-6H2,1H3. The number of rotatable bonds is 7. The Kier molecular flexibility index (Phi) is 6.77. The number of carbonyl (C=O) groups excluding carboxylic acids is 1. The van der Waals surface area contributed by atoms with Crippen LogP contribution in [0.15, 0.2) is 16.6 Å². The minimum absolute atomic E-state index is 0.136. The van der Waals surface area contributed by atoms with Crippen LogP contribution in [-0.2, 0) is 9.53 Å². The van der Waals surface area contributed by atoms with E-state index in [0.717, 1.165) is 6.07 Å². The predicted octanol–water partition coefficient (Wildman–Crippen LogP) is 3.84. The second-order valence-corrected chi connectivity index (χ2v) is 4.73. The van der Waals surface area contributed by atoms with Crippen LogP contribution in [-0.4, -0.2) is 19.2 Å². The number of hydrogen-bond donors (Lipinski definition) is 0. The number of benzene rings is 1. The van der Waals surface area contributed by atoms with Gasteiger partial charge in [-0.25, -0.2) is 4.39 Å². The van der Waals surface area contributed by atoms with Crippen molar-refractivity contribution in [3.63, 3.8) is 0 Å². The fraction of sp³-hybridized carbons (Fsp3) is 0.462. The van der Waals surface area contributed by atoms with Gasteiger partial charge in [0.2, 0.25) is 5.82 Å². The Morgan fingerprint density at radius 1 is 1.32 bits per heavy atom. The third-order valence-corrected chi connectivity index (χ3v) is 2.76. The molecule has 3 nitrogen and oxygen atoms in total. The van der Waals surface area contributed by atoms with Crippen LogP contribution in [0.5, 0.6) is 5.75 Å². The van der Waals surface area contributed by atoms with Crippen molar-refractivity contribution in [2.45, 2.75) is 26.2 Å². The lowest BCUT2D eigenvalue weighted by Crippen LogP contribution is -2.05. The number of halogens is 3. The third kappa shape index (κ3) is 5.55. The van der Waals surface area contributed by atoms with Gasteiger partial charge >= 0.3 is 5.97 Å². The highest BCUT2D eigenvalue weighted by Crippen LogP contribution is 2.25. The lowest BCUT2D eigenvalue weighted by molar-refractivity contribution is -0.143. The second kappa shape index (κ2) is 8.09. The molecule has 0 atom stereocenters. The molecule has 0 aliphatic rings. The Labute approximate surface area is 119 Å². The molecule has 19 heavy (non-hydrogen) atoms. The van der Waals surface area contributed by atoms with Gasteiger partial charge in [-0.05, 0) is 31.9 Å². The van der Waals surface area contributed by atoms with Crippen molar-refractivity contribution in [1.29, 1.82) is 0 Å². The molecular formula is C13H15BrF2O3. The highest BCUT2D eigenvalue weighted by molar-refractivity contribution is 9.10. The molecule has 0 bridgehead atoms. The van der Waals surface area contributed by atoms with Crippen molar-refractivity contribution in [2.24, 2.45) is 0 Å². The molecule has 1 rings (SSSR count). The Morgan fingerprint density at radius 2 is 2.05 bits per heavy atom. The van der Waals surface area contributed by atoms with E-state index >= 15 is 0 Å². The summed E-state index contributed by atoms with van der Waals surface area (Å²) in [5.41, 5.74) is 0. The number of unbranched alkanes of at least 4 members (excludes halogenated alkanes) is 1. The van der Waals surface area contributed by atoms with Gasteiger partial charge in [0.05, 0.1) is 13.2 Å². The summed E-state index contributed by atoms with van der Waals surface area (Å²) in [6, 6.07) is 2.40. The number of carbonyl (C=O) groups is 1. The Bertz CT molecular complexity index is 438. The van der Waals surface area contributed by atoms with Crippen LogP contribution in [0, 0.1) is 11.6 Å². The minimum atomic E-state index is -1.01. The maximum atomic E-state index is 13.3. The number of ether oxygens (including phenoxy) is 2. The predicted molar refractivity (Wildman–Crippen MR) is 70.0 cm³/mol. The van der Waals surface area contributed by atoms with Gasteiger partial charge in [0.25, 0.3) is 0 Å². The monoisotopic (exact) mass is 336 g/mol. The number of hydrogen-bond acceptors (Lipinski definition) is 3. The molecule has 1 aromatic rings. The molecule has 0 amide bonds. The van der Waals surface area contributed by atoms with Gasteiger partial charge in [-0.1, -0.05) is 15.9 Å². The molecule has 0 saturated carbocycles. The molecule has 0 aliphatic heterocycles. The van der Waals surface area contributed by atoms with Gasteiger partial charge in [-0.2, -0.15) is 4.39 Å². The lowest BCUT2D eigenvalue weighted by Gasteiger charge is -2.08. The van der Waals surface area contributed by atoms with Crippen LogP contribution in [0.25, 0.3) is 0 Å². The van der Waals surface area contributed by atoms with Crippen LogP contribution in [0.1, 0.15) is 26.2 Å². The molecule has 0 spiro atoms. The molecule has 0 fully saturated rings. The van der Waals surface area contributed by atoms with Crippen molar-refractivity contribution < 1.29 is 23.0 Å². The normalized spacial score (nSPS) is 10.3. The third-order valence-electron chi connectivity index (χ3n) is 2.30. The quantitative estimate of drug-likeness (QED) is 0.431. The van der Waals surface area contributed by atoms with E-state index in [1.54, 1.807) is 6.92 Å². The maximum Gasteiger partial charge on any atom is 0.305 e. The van der Waals surface area contributed by atoms with Crippen LogP contribution >= 0.6 is 15.9 Å². The summed E-state index contributed by atoms with van der Waals surface area (Å²) in [6.07, 6.45) is 1.44. The SMILES string of the molecule is CCOC(=O)CCCCOc1cc(Br)cc(F)c1F. The average Bonchev–Trinajstić information content (AvgIpc) is 2.34. The Hall–Kier alpha value is -1.17. The van der Waals surface area contributed by atoms with Crippen LogP contribution in [0.4, 0.5) is 8.78 Å². The lowest BCUT2D eigenvalue weighted by atomic mass is 10.2. The Morgan fingerprint density at radius 3 is 2.74 bits per heavy atom. The second-order valence-electron chi connectivity index (χ2n) is 3.81. The molecule has 0 saturated heterocycles. The van der Waals surface area contributed by atoms with E-state index in [-0.39, 0.29) is 18.3 Å². The van der Waals surface area contributed by atoms with Gasteiger partial charge in [0, 0.05) is 10.9 Å². The van der Waals surface area contributed by atoms with Gasteiger partial charge in [0.1, 0.15) is 0 Å². The van der Waals surface area contributed by atoms with Crippen molar-refractivity contribution in [3.8, 4) is 5.75 Å². The molecule has 0 heterocycles. The summed E-state index contributed by atoms with van der Waals surface area (Å²) in [5.74, 6) is -2.37. The Balaban J connectivity index is 2.32. The molecule has 0 radical (unpaired) electrons. The summed E-state index contributed by atoms with van der Waals surface area (Å²) in [4.78, 5) is 11.0. The molecule has 106 valence electrons. The zero-order valence-corrected chi connectivity index (χ0v) is 12.1. The van der Waals surface area contributed by atoms with E-state index in [0.29, 0.717) is 30.3 Å². The van der Waals surface area contributed by atoms with Crippen molar-refractivity contribution >= 4 is 21.9 Å². The first-order chi connectivity index (χ1) is 9.04. The zero-order chi connectivity index (χ0) is 14.3. The molecule has 0 aromatic heterocycles. The molecule has 0 N–H and O–H groups in total. The van der Waals surface area contributed by atoms with E-state index < -0.39 is 11.6 Å². The fourth-order valence-electron chi connectivity index (χ4n) is 1.42. The fourth-order valence-corrected chi connectivity index (χ4v) is 1.83. The van der Waals surface area contributed by atoms with E-state index in [4.69, 9.17) is 9.47 Å². The van der Waals surface area contributed by atoms with Gasteiger partial charge in [-0.3, -0.25) is 4.79 Å². The van der Waals surface area contributed by atoms with E-state index in [9.17, 15) is 13.6 Å². The molecule has 1 aromatic carbocycles. The first-order valence-electron chi connectivity index (χ1n) is 5.97. The minimum Gasteiger partial charge on any atom is -0.490 e.